The Hall–Kier alpha value is -3.95. The molecule has 0 saturated heterocycles. The van der Waals surface area contributed by atoms with E-state index in [-0.39, 0.29) is 18.6 Å². The van der Waals surface area contributed by atoms with E-state index in [1.165, 1.54) is 19.3 Å². The molecule has 10 heteroatoms. The topological polar surface area (TPSA) is 134 Å². The third-order valence-corrected chi connectivity index (χ3v) is 6.58. The number of aromatic nitrogens is 4. The first kappa shape index (κ1) is 26.1. The summed E-state index contributed by atoms with van der Waals surface area (Å²) in [7, 11) is 0. The van der Waals surface area contributed by atoms with Crippen LogP contribution < -0.4 is 16.0 Å². The molecule has 2 amide bonds. The molecular formula is C27H35N7O3. The molecule has 1 saturated carbocycles. The van der Waals surface area contributed by atoms with E-state index in [1.54, 1.807) is 0 Å². The number of carbonyl (C=O) groups excluding carboxylic acids is 2. The molecule has 37 heavy (non-hydrogen) atoms. The molecule has 2 aromatic carbocycles. The van der Waals surface area contributed by atoms with Crippen LogP contribution in [0.5, 0.6) is 0 Å². The number of tetrazole rings is 1. The number of ether oxygens (including phenoxy) is 1. The van der Waals surface area contributed by atoms with E-state index in [4.69, 9.17) is 4.74 Å². The fourth-order valence-corrected chi connectivity index (χ4v) is 4.61. The number of aromatic amines is 1. The van der Waals surface area contributed by atoms with Gasteiger partial charge in [0.15, 0.2) is 0 Å². The summed E-state index contributed by atoms with van der Waals surface area (Å²) in [4.78, 5) is 25.8. The van der Waals surface area contributed by atoms with Crippen molar-refractivity contribution in [2.75, 3.05) is 11.9 Å². The van der Waals surface area contributed by atoms with Gasteiger partial charge >= 0.3 is 6.09 Å². The zero-order chi connectivity index (χ0) is 25.9. The average Bonchev–Trinajstić information content (AvgIpc) is 3.47. The monoisotopic (exact) mass is 505 g/mol. The van der Waals surface area contributed by atoms with E-state index in [1.807, 2.05) is 61.5 Å². The number of carbonyl (C=O) groups is 2. The quantitative estimate of drug-likeness (QED) is 0.309. The van der Waals surface area contributed by atoms with Gasteiger partial charge in [-0.3, -0.25) is 4.79 Å². The molecule has 1 aromatic heterocycles. The Labute approximate surface area is 217 Å². The predicted octanol–water partition coefficient (Wildman–Crippen LogP) is 4.05. The molecule has 0 aliphatic heterocycles. The third kappa shape index (κ3) is 8.30. The molecule has 1 aliphatic carbocycles. The van der Waals surface area contributed by atoms with Crippen molar-refractivity contribution in [3.63, 3.8) is 0 Å². The van der Waals surface area contributed by atoms with Crippen LogP contribution in [-0.2, 0) is 16.1 Å². The van der Waals surface area contributed by atoms with Gasteiger partial charge in [0.05, 0.1) is 0 Å². The number of hydrogen-bond acceptors (Lipinski definition) is 7. The SMILES string of the molecule is C[C@@H](CNc1cccc(-c2nn[nH]n2)c1)NC(=O)[C@H](CC1CCCCC1)NC(=O)OCc1ccccc1. The third-order valence-electron chi connectivity index (χ3n) is 6.58. The van der Waals surface area contributed by atoms with Crippen molar-refractivity contribution in [3.05, 3.63) is 60.2 Å². The van der Waals surface area contributed by atoms with Gasteiger partial charge in [0.2, 0.25) is 11.7 Å². The highest BCUT2D eigenvalue weighted by molar-refractivity contribution is 5.85. The van der Waals surface area contributed by atoms with Gasteiger partial charge in [-0.05, 0) is 42.2 Å². The van der Waals surface area contributed by atoms with Crippen LogP contribution in [0.1, 0.15) is 51.0 Å². The highest BCUT2D eigenvalue weighted by atomic mass is 16.5. The van der Waals surface area contributed by atoms with Crippen LogP contribution in [0.4, 0.5) is 10.5 Å². The number of hydrogen-bond donors (Lipinski definition) is 4. The van der Waals surface area contributed by atoms with Crippen molar-refractivity contribution in [1.82, 2.24) is 31.3 Å². The van der Waals surface area contributed by atoms with Crippen molar-refractivity contribution >= 4 is 17.7 Å². The van der Waals surface area contributed by atoms with Gasteiger partial charge in [-0.2, -0.15) is 5.21 Å². The molecule has 0 unspecified atom stereocenters. The minimum atomic E-state index is -0.643. The second-order valence-corrected chi connectivity index (χ2v) is 9.61. The Morgan fingerprint density at radius 2 is 1.86 bits per heavy atom. The molecule has 0 bridgehead atoms. The first-order valence-corrected chi connectivity index (χ1v) is 12.9. The second kappa shape index (κ2) is 13.4. The lowest BCUT2D eigenvalue weighted by Crippen LogP contribution is -2.51. The molecule has 4 rings (SSSR count). The van der Waals surface area contributed by atoms with E-state index < -0.39 is 12.1 Å². The molecule has 3 aromatic rings. The molecule has 4 N–H and O–H groups in total. The van der Waals surface area contributed by atoms with Crippen molar-refractivity contribution in [2.45, 2.75) is 64.1 Å². The molecule has 0 spiro atoms. The summed E-state index contributed by atoms with van der Waals surface area (Å²) in [5.74, 6) is 0.734. The van der Waals surface area contributed by atoms with E-state index in [0.29, 0.717) is 24.7 Å². The fourth-order valence-electron chi connectivity index (χ4n) is 4.61. The van der Waals surface area contributed by atoms with Gasteiger partial charge in [-0.1, -0.05) is 74.6 Å². The van der Waals surface area contributed by atoms with Gasteiger partial charge in [0.1, 0.15) is 12.6 Å². The summed E-state index contributed by atoms with van der Waals surface area (Å²) in [6.45, 7) is 2.60. The molecule has 1 fully saturated rings. The van der Waals surface area contributed by atoms with Crippen LogP contribution >= 0.6 is 0 Å². The number of benzene rings is 2. The van der Waals surface area contributed by atoms with Gasteiger partial charge < -0.3 is 20.7 Å². The van der Waals surface area contributed by atoms with Crippen LogP contribution in [0.2, 0.25) is 0 Å². The standard InChI is InChI=1S/C27H35N7O3/c1-19(17-28-23-14-8-13-22(16-23)25-31-33-34-32-25)29-26(35)24(15-20-9-4-2-5-10-20)30-27(36)37-18-21-11-6-3-7-12-21/h3,6-8,11-14,16,19-20,24,28H,2,4-5,9-10,15,17-18H2,1H3,(H,29,35)(H,30,36)(H,31,32,33,34)/t19-,24-/m0/s1. The summed E-state index contributed by atoms with van der Waals surface area (Å²) in [6, 6.07) is 16.4. The fraction of sp³-hybridized carbons (Fsp3) is 0.444. The minimum absolute atomic E-state index is 0.160. The van der Waals surface area contributed by atoms with E-state index >= 15 is 0 Å². The summed E-state index contributed by atoms with van der Waals surface area (Å²) in [5.41, 5.74) is 2.61. The van der Waals surface area contributed by atoms with Crippen LogP contribution in [0, 0.1) is 5.92 Å². The lowest BCUT2D eigenvalue weighted by molar-refractivity contribution is -0.124. The molecule has 0 radical (unpaired) electrons. The number of alkyl carbamates (subject to hydrolysis) is 1. The highest BCUT2D eigenvalue weighted by Gasteiger charge is 2.27. The summed E-state index contributed by atoms with van der Waals surface area (Å²) in [5, 5.41) is 23.3. The lowest BCUT2D eigenvalue weighted by Gasteiger charge is -2.27. The number of anilines is 1. The Morgan fingerprint density at radius 1 is 1.05 bits per heavy atom. The number of rotatable bonds is 11. The zero-order valence-corrected chi connectivity index (χ0v) is 21.2. The smallest absolute Gasteiger partial charge is 0.408 e. The average molecular weight is 506 g/mol. The number of nitrogens with zero attached hydrogens (tertiary/aromatic N) is 3. The number of nitrogens with one attached hydrogen (secondary N) is 4. The number of H-pyrrole nitrogens is 1. The van der Waals surface area contributed by atoms with Gasteiger partial charge in [0.25, 0.3) is 0 Å². The van der Waals surface area contributed by atoms with Gasteiger partial charge in [-0.25, -0.2) is 4.79 Å². The van der Waals surface area contributed by atoms with E-state index in [2.05, 4.69) is 36.6 Å². The molecule has 1 aliphatic rings. The predicted molar refractivity (Wildman–Crippen MR) is 140 cm³/mol. The van der Waals surface area contributed by atoms with Crippen LogP contribution in [0.25, 0.3) is 11.4 Å². The first-order valence-electron chi connectivity index (χ1n) is 12.9. The van der Waals surface area contributed by atoms with E-state index in [9.17, 15) is 9.59 Å². The molecule has 2 atom stereocenters. The first-order chi connectivity index (χ1) is 18.1. The maximum atomic E-state index is 13.2. The zero-order valence-electron chi connectivity index (χ0n) is 21.2. The van der Waals surface area contributed by atoms with Crippen molar-refractivity contribution in [1.29, 1.82) is 0 Å². The Bertz CT molecular complexity index is 1120. The maximum absolute atomic E-state index is 13.2. The van der Waals surface area contributed by atoms with Gasteiger partial charge in [-0.15, -0.1) is 10.2 Å². The Morgan fingerprint density at radius 3 is 2.62 bits per heavy atom. The van der Waals surface area contributed by atoms with Crippen molar-refractivity contribution in [3.8, 4) is 11.4 Å². The van der Waals surface area contributed by atoms with Crippen LogP contribution in [-0.4, -0.2) is 51.3 Å². The molecule has 10 nitrogen and oxygen atoms in total. The second-order valence-electron chi connectivity index (χ2n) is 9.61. The minimum Gasteiger partial charge on any atom is -0.445 e. The Balaban J connectivity index is 1.30. The summed E-state index contributed by atoms with van der Waals surface area (Å²) >= 11 is 0. The maximum Gasteiger partial charge on any atom is 0.408 e. The van der Waals surface area contributed by atoms with Crippen LogP contribution in [0.3, 0.4) is 0 Å². The lowest BCUT2D eigenvalue weighted by atomic mass is 9.84. The van der Waals surface area contributed by atoms with Crippen molar-refractivity contribution in [2.24, 2.45) is 5.92 Å². The Kier molecular flexibility index (Phi) is 9.45. The molecule has 1 heterocycles. The largest absolute Gasteiger partial charge is 0.445 e. The molecular weight excluding hydrogens is 470 g/mol. The number of amides is 2. The summed E-state index contributed by atoms with van der Waals surface area (Å²) in [6.07, 6.45) is 5.76. The normalized spacial score (nSPS) is 15.4. The van der Waals surface area contributed by atoms with Crippen LogP contribution in [0.15, 0.2) is 54.6 Å². The highest BCUT2D eigenvalue weighted by Crippen LogP contribution is 2.27. The van der Waals surface area contributed by atoms with Gasteiger partial charge in [0, 0.05) is 23.8 Å². The van der Waals surface area contributed by atoms with Crippen molar-refractivity contribution < 1.29 is 14.3 Å². The molecule has 196 valence electrons. The summed E-state index contributed by atoms with van der Waals surface area (Å²) < 4.78 is 5.39. The van der Waals surface area contributed by atoms with E-state index in [0.717, 1.165) is 29.7 Å².